The van der Waals surface area contributed by atoms with Crippen LogP contribution in [0.15, 0.2) is 91.0 Å². The van der Waals surface area contributed by atoms with Crippen LogP contribution in [0.4, 0.5) is 4.79 Å². The van der Waals surface area contributed by atoms with Crippen molar-refractivity contribution in [3.63, 3.8) is 0 Å². The Morgan fingerprint density at radius 2 is 1.36 bits per heavy atom. The molecule has 0 aromatic heterocycles. The number of nitrogens with zero attached hydrogens (tertiary/aromatic N) is 2. The normalized spacial score (nSPS) is 18.2. The van der Waals surface area contributed by atoms with Gasteiger partial charge in [-0.05, 0) is 61.6 Å². The van der Waals surface area contributed by atoms with E-state index in [0.717, 1.165) is 37.2 Å². The van der Waals surface area contributed by atoms with Crippen LogP contribution in [-0.2, 0) is 33.8 Å². The summed E-state index contributed by atoms with van der Waals surface area (Å²) >= 11 is 0. The van der Waals surface area contributed by atoms with Crippen molar-refractivity contribution in [1.82, 2.24) is 20.4 Å². The Balaban J connectivity index is 1.13. The third-order valence-corrected chi connectivity index (χ3v) is 8.92. The topological polar surface area (TPSA) is 91.0 Å². The van der Waals surface area contributed by atoms with Crippen molar-refractivity contribution >= 4 is 17.9 Å². The molecule has 0 saturated carbocycles. The van der Waals surface area contributed by atoms with E-state index in [1.54, 1.807) is 0 Å². The Morgan fingerprint density at radius 1 is 0.795 bits per heavy atom. The van der Waals surface area contributed by atoms with Crippen LogP contribution in [-0.4, -0.2) is 72.0 Å². The summed E-state index contributed by atoms with van der Waals surface area (Å²) in [6.07, 6.45) is 4.41. The third kappa shape index (κ3) is 8.26. The molecule has 2 aliphatic rings. The molecule has 3 amide bonds. The van der Waals surface area contributed by atoms with Gasteiger partial charge in [0.05, 0.1) is 0 Å². The zero-order chi connectivity index (χ0) is 30.6. The molecule has 8 nitrogen and oxygen atoms in total. The van der Waals surface area contributed by atoms with Crippen LogP contribution in [0.3, 0.4) is 0 Å². The van der Waals surface area contributed by atoms with Gasteiger partial charge in [0, 0.05) is 32.7 Å². The van der Waals surface area contributed by atoms with Gasteiger partial charge in [-0.1, -0.05) is 91.0 Å². The SMILES string of the molecule is O=C(NCCCCC1NC(=O)C2(CCN(CCc3ccccc3)CC2)N(CCc2ccccc2)C1=O)OCc1ccccc1. The van der Waals surface area contributed by atoms with Crippen LogP contribution < -0.4 is 10.6 Å². The number of benzene rings is 3. The van der Waals surface area contributed by atoms with Crippen LogP contribution in [0.25, 0.3) is 0 Å². The predicted octanol–water partition coefficient (Wildman–Crippen LogP) is 4.73. The van der Waals surface area contributed by atoms with E-state index in [0.29, 0.717) is 51.6 Å². The Hall–Kier alpha value is -4.17. The molecule has 3 aromatic rings. The lowest BCUT2D eigenvalue weighted by molar-refractivity contribution is -0.161. The molecule has 44 heavy (non-hydrogen) atoms. The number of ether oxygens (including phenoxy) is 1. The lowest BCUT2D eigenvalue weighted by atomic mass is 9.81. The summed E-state index contributed by atoms with van der Waals surface area (Å²) in [4.78, 5) is 44.1. The van der Waals surface area contributed by atoms with Gasteiger partial charge < -0.3 is 25.2 Å². The minimum absolute atomic E-state index is 0.00787. The Morgan fingerprint density at radius 3 is 1.98 bits per heavy atom. The molecule has 2 N–H and O–H groups in total. The number of alkyl carbamates (subject to hydrolysis) is 1. The predicted molar refractivity (Wildman–Crippen MR) is 171 cm³/mol. The zero-order valence-electron chi connectivity index (χ0n) is 25.5. The minimum atomic E-state index is -0.810. The van der Waals surface area contributed by atoms with Crippen molar-refractivity contribution in [3.8, 4) is 0 Å². The van der Waals surface area contributed by atoms with Crippen LogP contribution in [0, 0.1) is 0 Å². The summed E-state index contributed by atoms with van der Waals surface area (Å²) in [5.74, 6) is -0.0195. The average Bonchev–Trinajstić information content (AvgIpc) is 3.07. The molecular weight excluding hydrogens is 552 g/mol. The maximum atomic E-state index is 14.0. The first-order valence-electron chi connectivity index (χ1n) is 15.9. The average molecular weight is 597 g/mol. The molecule has 0 radical (unpaired) electrons. The van der Waals surface area contributed by atoms with Crippen LogP contribution in [0.5, 0.6) is 0 Å². The van der Waals surface area contributed by atoms with Crippen molar-refractivity contribution in [2.75, 3.05) is 32.7 Å². The minimum Gasteiger partial charge on any atom is -0.445 e. The zero-order valence-corrected chi connectivity index (χ0v) is 25.5. The molecule has 5 rings (SSSR count). The van der Waals surface area contributed by atoms with Crippen molar-refractivity contribution in [2.24, 2.45) is 0 Å². The fourth-order valence-electron chi connectivity index (χ4n) is 6.29. The molecule has 1 unspecified atom stereocenters. The van der Waals surface area contributed by atoms with Gasteiger partial charge in [0.15, 0.2) is 0 Å². The van der Waals surface area contributed by atoms with Crippen LogP contribution in [0.2, 0.25) is 0 Å². The summed E-state index contributed by atoms with van der Waals surface area (Å²) in [5, 5.41) is 5.89. The van der Waals surface area contributed by atoms with Crippen molar-refractivity contribution < 1.29 is 19.1 Å². The van der Waals surface area contributed by atoms with Crippen molar-refractivity contribution in [3.05, 3.63) is 108 Å². The highest BCUT2D eigenvalue weighted by molar-refractivity contribution is 6.00. The Bertz CT molecular complexity index is 1340. The van der Waals surface area contributed by atoms with E-state index in [2.05, 4.69) is 51.9 Å². The van der Waals surface area contributed by atoms with E-state index < -0.39 is 17.7 Å². The molecule has 8 heteroatoms. The van der Waals surface area contributed by atoms with E-state index >= 15 is 0 Å². The number of unbranched alkanes of at least 4 members (excludes halogenated alkanes) is 1. The first-order valence-corrected chi connectivity index (χ1v) is 15.9. The highest BCUT2D eigenvalue weighted by atomic mass is 16.5. The molecular formula is C36H44N4O4. The number of carbonyl (C=O) groups is 3. The molecule has 2 heterocycles. The lowest BCUT2D eigenvalue weighted by Gasteiger charge is -2.51. The summed E-state index contributed by atoms with van der Waals surface area (Å²) < 4.78 is 5.27. The molecule has 0 aliphatic carbocycles. The van der Waals surface area contributed by atoms with Crippen LogP contribution in [0.1, 0.15) is 48.8 Å². The largest absolute Gasteiger partial charge is 0.445 e. The van der Waals surface area contributed by atoms with Gasteiger partial charge in [-0.15, -0.1) is 0 Å². The number of hydrogen-bond acceptors (Lipinski definition) is 5. The molecule has 2 fully saturated rings. The second-order valence-corrected chi connectivity index (χ2v) is 11.8. The number of likely N-dealkylation sites (tertiary alicyclic amines) is 1. The maximum absolute atomic E-state index is 14.0. The van der Waals surface area contributed by atoms with Gasteiger partial charge in [0.25, 0.3) is 0 Å². The molecule has 2 saturated heterocycles. The highest BCUT2D eigenvalue weighted by Gasteiger charge is 2.53. The van der Waals surface area contributed by atoms with Gasteiger partial charge in [-0.25, -0.2) is 4.79 Å². The number of piperidine rings is 1. The standard InChI is InChI=1S/C36H44N4O4/c41-33-32(18-10-11-23-37-35(43)44-28-31-16-8-3-9-17-31)38-34(42)36(40(33)25-20-30-14-6-2-7-15-30)21-26-39(27-22-36)24-19-29-12-4-1-5-13-29/h1-9,12-17,32H,10-11,18-28H2,(H,37,43)(H,38,42). The summed E-state index contributed by atoms with van der Waals surface area (Å²) in [6.45, 7) is 3.70. The van der Waals surface area contributed by atoms with Gasteiger partial charge in [0.1, 0.15) is 18.2 Å². The summed E-state index contributed by atoms with van der Waals surface area (Å²) in [7, 11) is 0. The smallest absolute Gasteiger partial charge is 0.407 e. The molecule has 232 valence electrons. The highest BCUT2D eigenvalue weighted by Crippen LogP contribution is 2.34. The van der Waals surface area contributed by atoms with Crippen molar-refractivity contribution in [2.45, 2.75) is 63.1 Å². The van der Waals surface area contributed by atoms with E-state index in [9.17, 15) is 14.4 Å². The Kier molecular flexibility index (Phi) is 11.0. The second-order valence-electron chi connectivity index (χ2n) is 11.8. The second kappa shape index (κ2) is 15.5. The van der Waals surface area contributed by atoms with Crippen LogP contribution >= 0.6 is 0 Å². The van der Waals surface area contributed by atoms with E-state index in [1.807, 2.05) is 59.5 Å². The number of piperazine rings is 1. The van der Waals surface area contributed by atoms with Crippen molar-refractivity contribution in [1.29, 1.82) is 0 Å². The number of nitrogens with one attached hydrogen (secondary N) is 2. The number of amides is 3. The molecule has 3 aromatic carbocycles. The molecule has 1 atom stereocenters. The van der Waals surface area contributed by atoms with E-state index in [-0.39, 0.29) is 18.4 Å². The summed E-state index contributed by atoms with van der Waals surface area (Å²) in [6, 6.07) is 29.6. The fraction of sp³-hybridized carbons (Fsp3) is 0.417. The number of hydrogen-bond donors (Lipinski definition) is 2. The first kappa shape index (κ1) is 31.3. The van der Waals surface area contributed by atoms with Gasteiger partial charge >= 0.3 is 6.09 Å². The number of carbonyl (C=O) groups excluding carboxylic acids is 3. The maximum Gasteiger partial charge on any atom is 0.407 e. The van der Waals surface area contributed by atoms with Gasteiger partial charge in [-0.3, -0.25) is 9.59 Å². The first-order chi connectivity index (χ1) is 21.5. The van der Waals surface area contributed by atoms with Gasteiger partial charge in [-0.2, -0.15) is 0 Å². The Labute approximate surface area is 260 Å². The molecule has 0 bridgehead atoms. The van der Waals surface area contributed by atoms with Gasteiger partial charge in [0.2, 0.25) is 11.8 Å². The monoisotopic (exact) mass is 596 g/mol. The number of rotatable bonds is 13. The lowest BCUT2D eigenvalue weighted by Crippen LogP contribution is -2.73. The van der Waals surface area contributed by atoms with E-state index in [1.165, 1.54) is 5.56 Å². The molecule has 1 spiro atoms. The van der Waals surface area contributed by atoms with E-state index in [4.69, 9.17) is 4.74 Å². The molecule has 2 aliphatic heterocycles. The quantitative estimate of drug-likeness (QED) is 0.279. The fourth-order valence-corrected chi connectivity index (χ4v) is 6.29. The summed E-state index contributed by atoms with van der Waals surface area (Å²) in [5.41, 5.74) is 2.59. The third-order valence-electron chi connectivity index (χ3n) is 8.92.